The minimum absolute atomic E-state index is 0.0975. The zero-order valence-electron chi connectivity index (χ0n) is 10.2. The Morgan fingerprint density at radius 3 is 2.88 bits per heavy atom. The summed E-state index contributed by atoms with van der Waals surface area (Å²) in [6.45, 7) is 4.73. The molecule has 2 unspecified atom stereocenters. The monoisotopic (exact) mass is 268 g/mol. The minimum atomic E-state index is -0.834. The summed E-state index contributed by atoms with van der Waals surface area (Å²) in [5.41, 5.74) is 3.35. The molecule has 92 valence electrons. The molecule has 0 aliphatic rings. The maximum atomic E-state index is 11.5. The summed E-state index contributed by atoms with van der Waals surface area (Å²) in [5.74, 6) is 0. The molecule has 0 saturated carbocycles. The Bertz CT molecular complexity index is 627. The van der Waals surface area contributed by atoms with Crippen molar-refractivity contribution in [2.75, 3.05) is 6.26 Å². The molecule has 0 aliphatic carbocycles. The van der Waals surface area contributed by atoms with Crippen LogP contribution in [-0.4, -0.2) is 25.3 Å². The lowest BCUT2D eigenvalue weighted by atomic mass is 10.2. The number of aryl methyl sites for hydroxylation is 1. The molecule has 5 heteroatoms. The number of para-hydroxylation sites is 1. The van der Waals surface area contributed by atoms with E-state index < -0.39 is 10.8 Å². The van der Waals surface area contributed by atoms with Gasteiger partial charge in [0.2, 0.25) is 0 Å². The summed E-state index contributed by atoms with van der Waals surface area (Å²) in [7, 11) is -0.834. The molecule has 0 fully saturated rings. The van der Waals surface area contributed by atoms with E-state index in [1.807, 2.05) is 23.6 Å². The van der Waals surface area contributed by atoms with Crippen molar-refractivity contribution in [3.63, 3.8) is 0 Å². The fourth-order valence-corrected chi connectivity index (χ4v) is 2.57. The van der Waals surface area contributed by atoms with Gasteiger partial charge < -0.3 is 9.55 Å². The fourth-order valence-electron chi connectivity index (χ4n) is 1.94. The summed E-state index contributed by atoms with van der Waals surface area (Å²) in [6, 6.07) is 6.09. The third-order valence-corrected chi connectivity index (χ3v) is 4.61. The molecule has 0 saturated heterocycles. The Labute approximate surface area is 108 Å². The molecule has 0 bridgehead atoms. The van der Waals surface area contributed by atoms with Crippen LogP contribution in [0.2, 0.25) is 0 Å². The summed E-state index contributed by atoms with van der Waals surface area (Å²) >= 11 is 5.33. The molecule has 2 atom stereocenters. The second kappa shape index (κ2) is 4.74. The van der Waals surface area contributed by atoms with E-state index in [0.717, 1.165) is 11.0 Å². The van der Waals surface area contributed by atoms with E-state index in [1.165, 1.54) is 5.56 Å². The van der Waals surface area contributed by atoms with Crippen LogP contribution in [0.5, 0.6) is 0 Å². The second-order valence-electron chi connectivity index (χ2n) is 4.32. The molecule has 0 radical (unpaired) electrons. The van der Waals surface area contributed by atoms with Crippen molar-refractivity contribution in [3.05, 3.63) is 28.5 Å². The molecule has 2 rings (SSSR count). The number of hydrogen-bond donors (Lipinski definition) is 1. The molecule has 1 heterocycles. The molecule has 1 N–H and O–H groups in total. The van der Waals surface area contributed by atoms with Crippen molar-refractivity contribution >= 4 is 34.1 Å². The maximum Gasteiger partial charge on any atom is 0.178 e. The number of fused-ring (bicyclic) bond motifs is 1. The Balaban J connectivity index is 2.57. The molecule has 1 aromatic carbocycles. The lowest BCUT2D eigenvalue weighted by Gasteiger charge is -2.11. The Kier molecular flexibility index (Phi) is 3.49. The third-order valence-electron chi connectivity index (χ3n) is 3.00. The summed E-state index contributed by atoms with van der Waals surface area (Å²) in [5, 5.41) is 0.0975. The smallest absolute Gasteiger partial charge is 0.178 e. The first-order valence-corrected chi connectivity index (χ1v) is 7.54. The summed E-state index contributed by atoms with van der Waals surface area (Å²) in [6.07, 6.45) is 1.73. The summed E-state index contributed by atoms with van der Waals surface area (Å²) < 4.78 is 14.2. The van der Waals surface area contributed by atoms with E-state index in [9.17, 15) is 4.21 Å². The lowest BCUT2D eigenvalue weighted by Crippen LogP contribution is -2.17. The molecule has 1 aromatic heterocycles. The van der Waals surface area contributed by atoms with Crippen LogP contribution in [0, 0.1) is 11.7 Å². The molecule has 0 amide bonds. The number of nitrogens with one attached hydrogen (secondary N) is 1. The minimum Gasteiger partial charge on any atom is -0.331 e. The number of aromatic nitrogens is 2. The average molecular weight is 268 g/mol. The standard InChI is InChI=1S/C12H16N2OS2/c1-8-5-4-6-10-11(8)14(12(16)13-10)7-9(2)17(3)15/h4-6,9H,7H2,1-3H3,(H,13,16). The largest absolute Gasteiger partial charge is 0.331 e. The lowest BCUT2D eigenvalue weighted by molar-refractivity contribution is 0.647. The van der Waals surface area contributed by atoms with Gasteiger partial charge in [0.15, 0.2) is 4.77 Å². The quantitative estimate of drug-likeness (QED) is 0.869. The molecule has 2 aromatic rings. The van der Waals surface area contributed by atoms with Gasteiger partial charge in [0, 0.05) is 28.9 Å². The van der Waals surface area contributed by atoms with Gasteiger partial charge in [-0.25, -0.2) is 0 Å². The van der Waals surface area contributed by atoms with Gasteiger partial charge >= 0.3 is 0 Å². The van der Waals surface area contributed by atoms with Gasteiger partial charge in [0.25, 0.3) is 0 Å². The topological polar surface area (TPSA) is 37.8 Å². The summed E-state index contributed by atoms with van der Waals surface area (Å²) in [4.78, 5) is 3.19. The predicted molar refractivity (Wildman–Crippen MR) is 75.4 cm³/mol. The maximum absolute atomic E-state index is 11.5. The molecule has 0 aliphatic heterocycles. The predicted octanol–water partition coefficient (Wildman–Crippen LogP) is 2.77. The first kappa shape index (κ1) is 12.5. The number of benzene rings is 1. The SMILES string of the molecule is Cc1cccc2[nH]c(=S)n(CC(C)S(C)=O)c12. The average Bonchev–Trinajstić information content (AvgIpc) is 2.56. The molecule has 3 nitrogen and oxygen atoms in total. The van der Waals surface area contributed by atoms with Gasteiger partial charge in [0.05, 0.1) is 11.0 Å². The van der Waals surface area contributed by atoms with E-state index in [0.29, 0.717) is 11.3 Å². The van der Waals surface area contributed by atoms with Gasteiger partial charge in [-0.15, -0.1) is 0 Å². The van der Waals surface area contributed by atoms with E-state index in [2.05, 4.69) is 18.0 Å². The highest BCUT2D eigenvalue weighted by Crippen LogP contribution is 2.19. The van der Waals surface area contributed by atoms with Crippen LogP contribution in [0.4, 0.5) is 0 Å². The second-order valence-corrected chi connectivity index (χ2v) is 6.51. The third kappa shape index (κ3) is 2.35. The van der Waals surface area contributed by atoms with E-state index >= 15 is 0 Å². The van der Waals surface area contributed by atoms with Crippen LogP contribution in [0.25, 0.3) is 11.0 Å². The first-order valence-electron chi connectivity index (χ1n) is 5.51. The Morgan fingerprint density at radius 1 is 1.53 bits per heavy atom. The van der Waals surface area contributed by atoms with E-state index in [-0.39, 0.29) is 5.25 Å². The van der Waals surface area contributed by atoms with Crippen molar-refractivity contribution < 1.29 is 4.21 Å². The number of hydrogen-bond acceptors (Lipinski definition) is 2. The van der Waals surface area contributed by atoms with Crippen LogP contribution in [-0.2, 0) is 17.3 Å². The van der Waals surface area contributed by atoms with Crippen LogP contribution in [0.15, 0.2) is 18.2 Å². The normalized spacial score (nSPS) is 15.0. The molecule has 17 heavy (non-hydrogen) atoms. The molecule has 0 spiro atoms. The van der Waals surface area contributed by atoms with E-state index in [4.69, 9.17) is 12.2 Å². The van der Waals surface area contributed by atoms with E-state index in [1.54, 1.807) is 6.26 Å². The number of rotatable bonds is 3. The fraction of sp³-hybridized carbons (Fsp3) is 0.417. The van der Waals surface area contributed by atoms with Crippen molar-refractivity contribution in [2.45, 2.75) is 25.6 Å². The number of imidazole rings is 1. The van der Waals surface area contributed by atoms with Crippen LogP contribution in [0.1, 0.15) is 12.5 Å². The Morgan fingerprint density at radius 2 is 2.24 bits per heavy atom. The highest BCUT2D eigenvalue weighted by atomic mass is 32.2. The molecular formula is C12H16N2OS2. The van der Waals surface area contributed by atoms with Crippen molar-refractivity contribution in [1.82, 2.24) is 9.55 Å². The van der Waals surface area contributed by atoms with Crippen LogP contribution in [0.3, 0.4) is 0 Å². The van der Waals surface area contributed by atoms with Crippen molar-refractivity contribution in [3.8, 4) is 0 Å². The van der Waals surface area contributed by atoms with Gasteiger partial charge in [0.1, 0.15) is 0 Å². The number of aromatic amines is 1. The molecular weight excluding hydrogens is 252 g/mol. The highest BCUT2D eigenvalue weighted by Gasteiger charge is 2.12. The van der Waals surface area contributed by atoms with Gasteiger partial charge in [-0.1, -0.05) is 12.1 Å². The van der Waals surface area contributed by atoms with Crippen LogP contribution < -0.4 is 0 Å². The zero-order chi connectivity index (χ0) is 12.6. The van der Waals surface area contributed by atoms with Crippen molar-refractivity contribution in [2.24, 2.45) is 0 Å². The number of nitrogens with zero attached hydrogens (tertiary/aromatic N) is 1. The van der Waals surface area contributed by atoms with Crippen molar-refractivity contribution in [1.29, 1.82) is 0 Å². The van der Waals surface area contributed by atoms with Gasteiger partial charge in [-0.3, -0.25) is 4.21 Å². The first-order chi connectivity index (χ1) is 8.00. The van der Waals surface area contributed by atoms with Gasteiger partial charge in [-0.05, 0) is 37.7 Å². The van der Waals surface area contributed by atoms with Gasteiger partial charge in [-0.2, -0.15) is 0 Å². The Hall–Kier alpha value is -0.940. The zero-order valence-corrected chi connectivity index (χ0v) is 11.8. The highest BCUT2D eigenvalue weighted by molar-refractivity contribution is 7.84. The number of H-pyrrole nitrogens is 1. The van der Waals surface area contributed by atoms with Crippen LogP contribution >= 0.6 is 12.2 Å².